The van der Waals surface area contributed by atoms with Crippen LogP contribution in [0, 0.1) is 17.7 Å². The Labute approximate surface area is 109 Å². The van der Waals surface area contributed by atoms with Crippen LogP contribution in [0.15, 0.2) is 16.6 Å². The fourth-order valence-corrected chi connectivity index (χ4v) is 2.74. The molecule has 2 fully saturated rings. The molecule has 0 aliphatic heterocycles. The minimum absolute atomic E-state index is 0.303. The number of nitrogen functional groups attached to an aromatic ring is 1. The third-order valence-electron chi connectivity index (χ3n) is 3.67. The quantitative estimate of drug-likeness (QED) is 0.831. The number of rotatable bonds is 4. The highest BCUT2D eigenvalue weighted by Gasteiger charge is 2.41. The van der Waals surface area contributed by atoms with E-state index in [1.54, 1.807) is 6.07 Å². The molecular weight excluding hydrogens is 283 g/mol. The predicted molar refractivity (Wildman–Crippen MR) is 71.4 cm³/mol. The fraction of sp³-hybridized carbons (Fsp3) is 0.538. The maximum absolute atomic E-state index is 13.3. The minimum Gasteiger partial charge on any atom is -0.397 e. The van der Waals surface area contributed by atoms with Crippen molar-refractivity contribution >= 4 is 27.3 Å². The summed E-state index contributed by atoms with van der Waals surface area (Å²) in [4.78, 5) is 0. The first-order valence-electron chi connectivity index (χ1n) is 6.16. The van der Waals surface area contributed by atoms with E-state index in [0.717, 1.165) is 17.5 Å². The summed E-state index contributed by atoms with van der Waals surface area (Å²) in [6.45, 7) is 0. The molecule has 1 aromatic carbocycles. The molecule has 0 heterocycles. The Morgan fingerprint density at radius 3 is 2.35 bits per heavy atom. The van der Waals surface area contributed by atoms with Gasteiger partial charge in [0.2, 0.25) is 0 Å². The van der Waals surface area contributed by atoms with E-state index in [9.17, 15) is 4.39 Å². The Kier molecular flexibility index (Phi) is 2.77. The molecule has 0 unspecified atom stereocenters. The van der Waals surface area contributed by atoms with Gasteiger partial charge in [-0.05, 0) is 59.5 Å². The van der Waals surface area contributed by atoms with E-state index in [1.165, 1.54) is 31.7 Å². The van der Waals surface area contributed by atoms with Gasteiger partial charge in [-0.2, -0.15) is 0 Å². The van der Waals surface area contributed by atoms with Crippen LogP contribution < -0.4 is 11.1 Å². The number of nitrogens with two attached hydrogens (primary N) is 1. The van der Waals surface area contributed by atoms with Gasteiger partial charge in [0, 0.05) is 12.1 Å². The second-order valence-corrected chi connectivity index (χ2v) is 6.05. The molecule has 3 N–H and O–H groups in total. The van der Waals surface area contributed by atoms with Crippen LogP contribution >= 0.6 is 15.9 Å². The van der Waals surface area contributed by atoms with Crippen LogP contribution in [0.25, 0.3) is 0 Å². The molecule has 92 valence electrons. The Bertz CT molecular complexity index is 429. The molecule has 2 aliphatic rings. The predicted octanol–water partition coefficient (Wildman–Crippen LogP) is 3.77. The lowest BCUT2D eigenvalue weighted by molar-refractivity contribution is 0.567. The van der Waals surface area contributed by atoms with Crippen molar-refractivity contribution in [2.24, 2.45) is 11.8 Å². The molecule has 3 rings (SSSR count). The van der Waals surface area contributed by atoms with Crippen LogP contribution in [0.5, 0.6) is 0 Å². The number of benzene rings is 1. The summed E-state index contributed by atoms with van der Waals surface area (Å²) in [5.74, 6) is 1.29. The Morgan fingerprint density at radius 2 is 1.82 bits per heavy atom. The van der Waals surface area contributed by atoms with Crippen molar-refractivity contribution in [2.75, 3.05) is 11.1 Å². The van der Waals surface area contributed by atoms with Crippen LogP contribution in [0.3, 0.4) is 0 Å². The average Bonchev–Trinajstić information content (AvgIpc) is 3.15. The van der Waals surface area contributed by atoms with Crippen molar-refractivity contribution in [1.82, 2.24) is 0 Å². The smallest absolute Gasteiger partial charge is 0.139 e. The fourth-order valence-electron chi connectivity index (χ4n) is 2.40. The number of halogens is 2. The monoisotopic (exact) mass is 298 g/mol. The first-order chi connectivity index (χ1) is 8.15. The summed E-state index contributed by atoms with van der Waals surface area (Å²) in [7, 11) is 0. The van der Waals surface area contributed by atoms with Gasteiger partial charge in [0.1, 0.15) is 5.82 Å². The highest BCUT2D eigenvalue weighted by molar-refractivity contribution is 9.10. The molecule has 0 atom stereocenters. The van der Waals surface area contributed by atoms with Gasteiger partial charge >= 0.3 is 0 Å². The Balaban J connectivity index is 1.81. The van der Waals surface area contributed by atoms with Crippen molar-refractivity contribution < 1.29 is 4.39 Å². The van der Waals surface area contributed by atoms with Crippen molar-refractivity contribution in [3.8, 4) is 0 Å². The van der Waals surface area contributed by atoms with Crippen molar-refractivity contribution in [1.29, 1.82) is 0 Å². The molecule has 1 aromatic rings. The zero-order valence-corrected chi connectivity index (χ0v) is 11.1. The van der Waals surface area contributed by atoms with Gasteiger partial charge in [-0.25, -0.2) is 4.39 Å². The zero-order chi connectivity index (χ0) is 12.0. The van der Waals surface area contributed by atoms with Crippen LogP contribution in [0.4, 0.5) is 15.8 Å². The van der Waals surface area contributed by atoms with Crippen molar-refractivity contribution in [3.05, 3.63) is 22.4 Å². The number of hydrogen-bond donors (Lipinski definition) is 2. The van der Waals surface area contributed by atoms with Gasteiger partial charge in [-0.1, -0.05) is 0 Å². The number of hydrogen-bond acceptors (Lipinski definition) is 2. The lowest BCUT2D eigenvalue weighted by atomic mass is 10.1. The van der Waals surface area contributed by atoms with Gasteiger partial charge in [0.15, 0.2) is 0 Å². The molecule has 2 saturated carbocycles. The lowest BCUT2D eigenvalue weighted by Crippen LogP contribution is -2.24. The maximum Gasteiger partial charge on any atom is 0.139 e. The van der Waals surface area contributed by atoms with E-state index in [-0.39, 0.29) is 5.82 Å². The van der Waals surface area contributed by atoms with Crippen LogP contribution in [-0.2, 0) is 0 Å². The van der Waals surface area contributed by atoms with Crippen LogP contribution in [0.1, 0.15) is 25.7 Å². The van der Waals surface area contributed by atoms with Crippen LogP contribution in [0.2, 0.25) is 0 Å². The molecule has 0 amide bonds. The van der Waals surface area contributed by atoms with Gasteiger partial charge in [-0.15, -0.1) is 0 Å². The summed E-state index contributed by atoms with van der Waals surface area (Å²) in [5.41, 5.74) is 7.22. The van der Waals surface area contributed by atoms with E-state index in [4.69, 9.17) is 5.73 Å². The molecule has 17 heavy (non-hydrogen) atoms. The highest BCUT2D eigenvalue weighted by Crippen LogP contribution is 2.46. The molecule has 0 bridgehead atoms. The molecule has 0 radical (unpaired) electrons. The molecule has 0 saturated heterocycles. The zero-order valence-electron chi connectivity index (χ0n) is 9.55. The van der Waals surface area contributed by atoms with Gasteiger partial charge in [0.05, 0.1) is 15.8 Å². The average molecular weight is 299 g/mol. The normalized spacial score (nSPS) is 19.7. The van der Waals surface area contributed by atoms with Gasteiger partial charge in [0.25, 0.3) is 0 Å². The summed E-state index contributed by atoms with van der Waals surface area (Å²) in [6, 6.07) is 3.67. The largest absolute Gasteiger partial charge is 0.397 e. The molecular formula is C13H16BrFN2. The summed E-state index contributed by atoms with van der Waals surface area (Å²) >= 11 is 3.20. The topological polar surface area (TPSA) is 38.0 Å². The first-order valence-corrected chi connectivity index (χ1v) is 6.95. The van der Waals surface area contributed by atoms with E-state index in [1.807, 2.05) is 0 Å². The summed E-state index contributed by atoms with van der Waals surface area (Å²) < 4.78 is 13.8. The number of nitrogens with one attached hydrogen (secondary N) is 1. The molecule has 0 aromatic heterocycles. The third kappa shape index (κ3) is 2.41. The summed E-state index contributed by atoms with van der Waals surface area (Å²) in [6.07, 6.45) is 5.26. The molecule has 2 nitrogen and oxygen atoms in total. The maximum atomic E-state index is 13.3. The van der Waals surface area contributed by atoms with Gasteiger partial charge in [-0.3, -0.25) is 0 Å². The first kappa shape index (κ1) is 11.3. The second-order valence-electron chi connectivity index (χ2n) is 5.20. The Morgan fingerprint density at radius 1 is 1.24 bits per heavy atom. The van der Waals surface area contributed by atoms with E-state index in [0.29, 0.717) is 16.2 Å². The molecule has 2 aliphatic carbocycles. The van der Waals surface area contributed by atoms with Gasteiger partial charge < -0.3 is 11.1 Å². The van der Waals surface area contributed by atoms with Crippen LogP contribution in [-0.4, -0.2) is 6.04 Å². The molecule has 0 spiro atoms. The Hall–Kier alpha value is -0.770. The minimum atomic E-state index is -0.303. The second kappa shape index (κ2) is 4.16. The molecule has 4 heteroatoms. The standard InChI is InChI=1S/C13H16BrFN2/c14-9-5-12(11(16)6-10(9)15)17-13(7-1-2-7)8-3-4-8/h5-8,13,17H,1-4,16H2. The van der Waals surface area contributed by atoms with E-state index in [2.05, 4.69) is 21.2 Å². The highest BCUT2D eigenvalue weighted by atomic mass is 79.9. The summed E-state index contributed by atoms with van der Waals surface area (Å²) in [5, 5.41) is 3.52. The van der Waals surface area contributed by atoms with Crippen molar-refractivity contribution in [2.45, 2.75) is 31.7 Å². The SMILES string of the molecule is Nc1cc(F)c(Br)cc1NC(C1CC1)C1CC1. The number of anilines is 2. The van der Waals surface area contributed by atoms with Crippen molar-refractivity contribution in [3.63, 3.8) is 0 Å². The van der Waals surface area contributed by atoms with E-state index >= 15 is 0 Å². The third-order valence-corrected chi connectivity index (χ3v) is 4.28. The van der Waals surface area contributed by atoms with E-state index < -0.39 is 0 Å². The lowest BCUT2D eigenvalue weighted by Gasteiger charge is -2.20.